The van der Waals surface area contributed by atoms with Gasteiger partial charge in [0.25, 0.3) is 0 Å². The maximum absolute atomic E-state index is 11.6. The van der Waals surface area contributed by atoms with Gasteiger partial charge in [-0.1, -0.05) is 0 Å². The minimum atomic E-state index is -3.97. The van der Waals surface area contributed by atoms with E-state index in [-0.39, 0.29) is 19.6 Å². The summed E-state index contributed by atoms with van der Waals surface area (Å²) in [5.41, 5.74) is -1.63. The van der Waals surface area contributed by atoms with Crippen molar-refractivity contribution in [3.8, 4) is 6.07 Å². The third-order valence-electron chi connectivity index (χ3n) is 2.42. The Balaban J connectivity index is 2.94. The summed E-state index contributed by atoms with van der Waals surface area (Å²) in [6.07, 6.45) is 0.0553. The van der Waals surface area contributed by atoms with Gasteiger partial charge < -0.3 is 9.84 Å². The van der Waals surface area contributed by atoms with Crippen LogP contribution in [0.1, 0.15) is 13.3 Å². The number of nitriles is 1. The summed E-state index contributed by atoms with van der Waals surface area (Å²) in [7, 11) is -3.97. The number of carbonyl (C=O) groups is 1. The highest BCUT2D eigenvalue weighted by molar-refractivity contribution is 7.90. The minimum absolute atomic E-state index is 0.0553. The first-order chi connectivity index (χ1) is 7.34. The molecule has 0 saturated carbocycles. The number of ether oxygens (including phenoxy) is 1. The fraction of sp³-hybridized carbons (Fsp3) is 0.750. The molecule has 0 aromatic rings. The van der Waals surface area contributed by atoms with Gasteiger partial charge >= 0.3 is 5.97 Å². The van der Waals surface area contributed by atoms with E-state index in [1.165, 1.54) is 6.92 Å². The van der Waals surface area contributed by atoms with Gasteiger partial charge in [0.15, 0.2) is 10.8 Å². The molecule has 90 valence electrons. The molecule has 0 aromatic carbocycles. The Labute approximate surface area is 93.1 Å². The smallest absolute Gasteiger partial charge is 0.327 e. The van der Waals surface area contributed by atoms with Crippen LogP contribution >= 0.6 is 0 Å². The van der Waals surface area contributed by atoms with Crippen molar-refractivity contribution in [2.75, 3.05) is 13.2 Å². The molecular weight excluding hydrogens is 236 g/mol. The molecule has 1 heterocycles. The maximum Gasteiger partial charge on any atom is 0.327 e. The molecule has 0 spiro atoms. The summed E-state index contributed by atoms with van der Waals surface area (Å²) in [6, 6.07) is 1.55. The summed E-state index contributed by atoms with van der Waals surface area (Å²) < 4.78 is 30.1. The van der Waals surface area contributed by atoms with Crippen LogP contribution in [0.15, 0.2) is 0 Å². The molecule has 0 aromatic heterocycles. The van der Waals surface area contributed by atoms with E-state index in [1.807, 2.05) is 4.72 Å². The molecule has 0 amide bonds. The average molecular weight is 248 g/mol. The van der Waals surface area contributed by atoms with Crippen LogP contribution in [0.4, 0.5) is 0 Å². The standard InChI is InChI=1S/C8H12N2O5S/c1-6(4-9)16(13,14)10-8(7(11)12)2-3-15-5-8/h6,10H,2-3,5H2,1H3,(H,11,12). The molecule has 2 N–H and O–H groups in total. The molecule has 1 aliphatic rings. The summed E-state index contributed by atoms with van der Waals surface area (Å²) in [5.74, 6) is -1.29. The fourth-order valence-electron chi connectivity index (χ4n) is 1.29. The molecule has 8 heteroatoms. The Morgan fingerprint density at radius 3 is 2.69 bits per heavy atom. The quantitative estimate of drug-likeness (QED) is 0.663. The van der Waals surface area contributed by atoms with Crippen molar-refractivity contribution in [2.24, 2.45) is 0 Å². The number of aliphatic carboxylic acids is 1. The lowest BCUT2D eigenvalue weighted by molar-refractivity contribution is -0.144. The summed E-state index contributed by atoms with van der Waals surface area (Å²) in [6.45, 7) is 1.14. The van der Waals surface area contributed by atoms with Crippen molar-refractivity contribution in [3.05, 3.63) is 0 Å². The number of sulfonamides is 1. The van der Waals surface area contributed by atoms with Gasteiger partial charge in [0.1, 0.15) is 0 Å². The third kappa shape index (κ3) is 2.32. The molecule has 0 aliphatic carbocycles. The fourth-order valence-corrected chi connectivity index (χ4v) is 2.40. The summed E-state index contributed by atoms with van der Waals surface area (Å²) in [5, 5.41) is 16.2. The summed E-state index contributed by atoms with van der Waals surface area (Å²) >= 11 is 0. The first kappa shape index (κ1) is 12.9. The van der Waals surface area contributed by atoms with Crippen molar-refractivity contribution in [1.29, 1.82) is 5.26 Å². The molecule has 1 rings (SSSR count). The second-order valence-corrected chi connectivity index (χ2v) is 5.61. The monoisotopic (exact) mass is 248 g/mol. The molecule has 7 nitrogen and oxygen atoms in total. The Bertz CT molecular complexity index is 418. The molecule has 1 saturated heterocycles. The van der Waals surface area contributed by atoms with Crippen molar-refractivity contribution >= 4 is 16.0 Å². The van der Waals surface area contributed by atoms with Crippen LogP contribution in [-0.4, -0.2) is 43.5 Å². The van der Waals surface area contributed by atoms with Gasteiger partial charge in [0.05, 0.1) is 12.7 Å². The number of carboxylic acid groups (broad SMARTS) is 1. The van der Waals surface area contributed by atoms with E-state index in [4.69, 9.17) is 15.1 Å². The highest BCUT2D eigenvalue weighted by Gasteiger charge is 2.46. The molecule has 2 unspecified atom stereocenters. The zero-order valence-corrected chi connectivity index (χ0v) is 9.45. The minimum Gasteiger partial charge on any atom is -0.480 e. The Morgan fingerprint density at radius 2 is 2.31 bits per heavy atom. The number of rotatable bonds is 4. The van der Waals surface area contributed by atoms with Crippen LogP contribution in [0.2, 0.25) is 0 Å². The largest absolute Gasteiger partial charge is 0.480 e. The molecule has 0 radical (unpaired) electrons. The lowest BCUT2D eigenvalue weighted by atomic mass is 10.0. The van der Waals surface area contributed by atoms with Crippen LogP contribution in [-0.2, 0) is 19.6 Å². The van der Waals surface area contributed by atoms with Gasteiger partial charge in [0.2, 0.25) is 10.0 Å². The number of hydrogen-bond donors (Lipinski definition) is 2. The van der Waals surface area contributed by atoms with Gasteiger partial charge in [-0.05, 0) is 6.92 Å². The van der Waals surface area contributed by atoms with Gasteiger partial charge in [-0.25, -0.2) is 8.42 Å². The topological polar surface area (TPSA) is 116 Å². The molecule has 0 bridgehead atoms. The van der Waals surface area contributed by atoms with Crippen LogP contribution in [0.3, 0.4) is 0 Å². The Morgan fingerprint density at radius 1 is 1.69 bits per heavy atom. The van der Waals surface area contributed by atoms with Crippen LogP contribution < -0.4 is 4.72 Å². The van der Waals surface area contributed by atoms with Gasteiger partial charge in [-0.3, -0.25) is 4.79 Å². The van der Waals surface area contributed by atoms with Crippen LogP contribution in [0.5, 0.6) is 0 Å². The Hall–Kier alpha value is -1.17. The molecule has 2 atom stereocenters. The highest BCUT2D eigenvalue weighted by atomic mass is 32.2. The van der Waals surface area contributed by atoms with E-state index in [2.05, 4.69) is 0 Å². The Kier molecular flexibility index (Phi) is 3.52. The second-order valence-electron chi connectivity index (χ2n) is 3.61. The van der Waals surface area contributed by atoms with Crippen LogP contribution in [0.25, 0.3) is 0 Å². The SMILES string of the molecule is CC(C#N)S(=O)(=O)NC1(C(=O)O)CCOC1. The van der Waals surface area contributed by atoms with Crippen molar-refractivity contribution in [1.82, 2.24) is 4.72 Å². The number of hydrogen-bond acceptors (Lipinski definition) is 5. The van der Waals surface area contributed by atoms with E-state index in [9.17, 15) is 13.2 Å². The number of nitrogens with one attached hydrogen (secondary N) is 1. The molecule has 1 fully saturated rings. The molecular formula is C8H12N2O5S. The summed E-state index contributed by atoms with van der Waals surface area (Å²) in [4.78, 5) is 11.0. The zero-order valence-electron chi connectivity index (χ0n) is 8.63. The average Bonchev–Trinajstić information content (AvgIpc) is 2.65. The third-order valence-corrected chi connectivity index (χ3v) is 4.13. The van der Waals surface area contributed by atoms with Crippen molar-refractivity contribution in [2.45, 2.75) is 24.1 Å². The maximum atomic E-state index is 11.6. The lowest BCUT2D eigenvalue weighted by Crippen LogP contribution is -2.56. The number of nitrogens with zero attached hydrogens (tertiary/aromatic N) is 1. The van der Waals surface area contributed by atoms with Crippen LogP contribution in [0, 0.1) is 11.3 Å². The normalized spacial score (nSPS) is 27.2. The zero-order chi connectivity index (χ0) is 12.4. The second kappa shape index (κ2) is 4.37. The molecule has 16 heavy (non-hydrogen) atoms. The lowest BCUT2D eigenvalue weighted by Gasteiger charge is -2.23. The van der Waals surface area contributed by atoms with E-state index < -0.39 is 26.8 Å². The first-order valence-electron chi connectivity index (χ1n) is 4.57. The van der Waals surface area contributed by atoms with E-state index in [0.29, 0.717) is 0 Å². The van der Waals surface area contributed by atoms with E-state index in [0.717, 1.165) is 0 Å². The highest BCUT2D eigenvalue weighted by Crippen LogP contribution is 2.21. The van der Waals surface area contributed by atoms with E-state index in [1.54, 1.807) is 6.07 Å². The predicted octanol–water partition coefficient (Wildman–Crippen LogP) is -0.938. The first-order valence-corrected chi connectivity index (χ1v) is 6.12. The predicted molar refractivity (Wildman–Crippen MR) is 52.9 cm³/mol. The van der Waals surface area contributed by atoms with Gasteiger partial charge in [-0.2, -0.15) is 9.98 Å². The molecule has 1 aliphatic heterocycles. The van der Waals surface area contributed by atoms with E-state index >= 15 is 0 Å². The van der Waals surface area contributed by atoms with Crippen molar-refractivity contribution < 1.29 is 23.1 Å². The number of carboxylic acids is 1. The van der Waals surface area contributed by atoms with Gasteiger partial charge in [0, 0.05) is 13.0 Å². The van der Waals surface area contributed by atoms with Gasteiger partial charge in [-0.15, -0.1) is 0 Å². The van der Waals surface area contributed by atoms with Crippen molar-refractivity contribution in [3.63, 3.8) is 0 Å².